The zero-order chi connectivity index (χ0) is 27.2. The van der Waals surface area contributed by atoms with Crippen molar-refractivity contribution in [2.45, 2.75) is 72.6 Å². The van der Waals surface area contributed by atoms with Gasteiger partial charge in [-0.1, -0.05) is 36.7 Å². The fourth-order valence-corrected chi connectivity index (χ4v) is 3.93. The molecule has 2 aromatic rings. The summed E-state index contributed by atoms with van der Waals surface area (Å²) in [6.45, 7) is 12.1. The fourth-order valence-electron chi connectivity index (χ4n) is 3.66. The standard InChI is InChI=1S/C27H36ClN3O5/c1-8-18(4)31(22(33)15-29-26(35)36-27(5,6)7)24(19-12-13-21(32)17(3)14-19)25(34)30-23-16(2)10-9-11-20(23)28/h9-14,18,24,32H,8,15H2,1-7H3,(H,29,35)(H,30,34). The average Bonchev–Trinajstić information content (AvgIpc) is 2.78. The molecule has 0 aliphatic heterocycles. The second-order valence-electron chi connectivity index (χ2n) is 9.78. The summed E-state index contributed by atoms with van der Waals surface area (Å²) in [4.78, 5) is 40.9. The number of aromatic hydroxyl groups is 1. The Kier molecular flexibility index (Phi) is 9.76. The summed E-state index contributed by atoms with van der Waals surface area (Å²) in [6.07, 6.45) is -0.169. The monoisotopic (exact) mass is 517 g/mol. The molecule has 0 aromatic heterocycles. The number of para-hydroxylation sites is 1. The lowest BCUT2D eigenvalue weighted by molar-refractivity contribution is -0.140. The molecule has 196 valence electrons. The van der Waals surface area contributed by atoms with Crippen molar-refractivity contribution >= 4 is 35.2 Å². The molecule has 3 amide bonds. The minimum Gasteiger partial charge on any atom is -0.508 e. The number of phenolic OH excluding ortho intramolecular Hbond substituents is 1. The first kappa shape index (κ1) is 29.0. The van der Waals surface area contributed by atoms with Crippen LogP contribution in [0.3, 0.4) is 0 Å². The van der Waals surface area contributed by atoms with E-state index in [1.165, 1.54) is 11.0 Å². The highest BCUT2D eigenvalue weighted by molar-refractivity contribution is 6.34. The van der Waals surface area contributed by atoms with E-state index < -0.39 is 29.6 Å². The van der Waals surface area contributed by atoms with Crippen LogP contribution in [0.5, 0.6) is 5.75 Å². The summed E-state index contributed by atoms with van der Waals surface area (Å²) in [7, 11) is 0. The lowest BCUT2D eigenvalue weighted by Crippen LogP contribution is -2.50. The minimum absolute atomic E-state index is 0.0767. The lowest BCUT2D eigenvalue weighted by Gasteiger charge is -2.36. The molecule has 36 heavy (non-hydrogen) atoms. The molecule has 0 radical (unpaired) electrons. The highest BCUT2D eigenvalue weighted by atomic mass is 35.5. The van der Waals surface area contributed by atoms with Gasteiger partial charge in [0.1, 0.15) is 23.9 Å². The highest BCUT2D eigenvalue weighted by Gasteiger charge is 2.35. The Balaban J connectivity index is 2.48. The third kappa shape index (κ3) is 7.62. The van der Waals surface area contributed by atoms with Gasteiger partial charge < -0.3 is 25.4 Å². The van der Waals surface area contributed by atoms with Crippen LogP contribution in [-0.2, 0) is 14.3 Å². The summed E-state index contributed by atoms with van der Waals surface area (Å²) in [5, 5.41) is 15.8. The van der Waals surface area contributed by atoms with Crippen molar-refractivity contribution in [3.8, 4) is 5.75 Å². The van der Waals surface area contributed by atoms with E-state index in [1.807, 2.05) is 26.8 Å². The number of hydrogen-bond acceptors (Lipinski definition) is 5. The maximum absolute atomic E-state index is 13.8. The summed E-state index contributed by atoms with van der Waals surface area (Å²) in [6, 6.07) is 8.64. The maximum Gasteiger partial charge on any atom is 0.408 e. The third-order valence-electron chi connectivity index (χ3n) is 5.67. The minimum atomic E-state index is -1.05. The number of nitrogens with one attached hydrogen (secondary N) is 2. The van der Waals surface area contributed by atoms with Crippen LogP contribution < -0.4 is 10.6 Å². The molecule has 2 rings (SSSR count). The summed E-state index contributed by atoms with van der Waals surface area (Å²) in [5.41, 5.74) is 1.57. The van der Waals surface area contributed by atoms with Crippen molar-refractivity contribution < 1.29 is 24.2 Å². The lowest BCUT2D eigenvalue weighted by atomic mass is 9.98. The molecule has 0 saturated carbocycles. The quantitative estimate of drug-likeness (QED) is 0.429. The van der Waals surface area contributed by atoms with Crippen LogP contribution >= 0.6 is 11.6 Å². The van der Waals surface area contributed by atoms with E-state index in [1.54, 1.807) is 52.0 Å². The average molecular weight is 518 g/mol. The van der Waals surface area contributed by atoms with Crippen LogP contribution in [0.25, 0.3) is 0 Å². The van der Waals surface area contributed by atoms with Gasteiger partial charge in [0.05, 0.1) is 10.7 Å². The van der Waals surface area contributed by atoms with E-state index in [-0.39, 0.29) is 18.3 Å². The molecule has 0 heterocycles. The molecule has 0 bridgehead atoms. The van der Waals surface area contributed by atoms with Crippen molar-refractivity contribution in [3.05, 3.63) is 58.1 Å². The normalized spacial score (nSPS) is 12.9. The molecule has 3 N–H and O–H groups in total. The van der Waals surface area contributed by atoms with E-state index in [9.17, 15) is 19.5 Å². The summed E-state index contributed by atoms with van der Waals surface area (Å²) < 4.78 is 5.24. The van der Waals surface area contributed by atoms with Gasteiger partial charge in [-0.05, 0) is 82.9 Å². The zero-order valence-corrected chi connectivity index (χ0v) is 22.7. The first-order chi connectivity index (χ1) is 16.7. The Morgan fingerprint density at radius 1 is 1.11 bits per heavy atom. The first-order valence-electron chi connectivity index (χ1n) is 11.9. The Labute approximate surface area is 218 Å². The molecule has 0 fully saturated rings. The number of ether oxygens (including phenoxy) is 1. The third-order valence-corrected chi connectivity index (χ3v) is 5.98. The number of benzene rings is 2. The number of hydrogen-bond donors (Lipinski definition) is 3. The number of rotatable bonds is 8. The Hall–Kier alpha value is -3.26. The Morgan fingerprint density at radius 3 is 2.33 bits per heavy atom. The Morgan fingerprint density at radius 2 is 1.78 bits per heavy atom. The number of carbonyl (C=O) groups is 3. The van der Waals surface area contributed by atoms with Crippen molar-refractivity contribution in [3.63, 3.8) is 0 Å². The second kappa shape index (κ2) is 12.1. The van der Waals surface area contributed by atoms with Gasteiger partial charge in [0.15, 0.2) is 0 Å². The molecule has 2 atom stereocenters. The topological polar surface area (TPSA) is 108 Å². The number of aryl methyl sites for hydroxylation is 2. The van der Waals surface area contributed by atoms with E-state index in [4.69, 9.17) is 16.3 Å². The van der Waals surface area contributed by atoms with Gasteiger partial charge in [-0.2, -0.15) is 0 Å². The van der Waals surface area contributed by atoms with E-state index in [2.05, 4.69) is 10.6 Å². The predicted molar refractivity (Wildman–Crippen MR) is 141 cm³/mol. The largest absolute Gasteiger partial charge is 0.508 e. The van der Waals surface area contributed by atoms with Crippen molar-refractivity contribution in [2.75, 3.05) is 11.9 Å². The van der Waals surface area contributed by atoms with Gasteiger partial charge in [-0.15, -0.1) is 0 Å². The van der Waals surface area contributed by atoms with Crippen LogP contribution in [0, 0.1) is 13.8 Å². The first-order valence-corrected chi connectivity index (χ1v) is 12.3. The number of halogens is 1. The zero-order valence-electron chi connectivity index (χ0n) is 21.9. The van der Waals surface area contributed by atoms with Gasteiger partial charge in [0, 0.05) is 6.04 Å². The van der Waals surface area contributed by atoms with Crippen molar-refractivity contribution in [1.82, 2.24) is 10.2 Å². The maximum atomic E-state index is 13.8. The van der Waals surface area contributed by atoms with E-state index >= 15 is 0 Å². The molecule has 0 aliphatic rings. The van der Waals surface area contributed by atoms with Gasteiger partial charge in [-0.3, -0.25) is 9.59 Å². The summed E-state index contributed by atoms with van der Waals surface area (Å²) in [5.74, 6) is -0.855. The molecular formula is C27H36ClN3O5. The Bertz CT molecular complexity index is 1090. The number of anilines is 1. The molecular weight excluding hydrogens is 482 g/mol. The van der Waals surface area contributed by atoms with Crippen LogP contribution in [0.15, 0.2) is 36.4 Å². The number of carbonyl (C=O) groups excluding carboxylic acids is 3. The van der Waals surface area contributed by atoms with Gasteiger partial charge >= 0.3 is 6.09 Å². The highest BCUT2D eigenvalue weighted by Crippen LogP contribution is 2.32. The SMILES string of the molecule is CCC(C)N(C(=O)CNC(=O)OC(C)(C)C)C(C(=O)Nc1c(C)cccc1Cl)c1ccc(O)c(C)c1. The van der Waals surface area contributed by atoms with E-state index in [0.29, 0.717) is 28.3 Å². The second-order valence-corrected chi connectivity index (χ2v) is 10.2. The van der Waals surface area contributed by atoms with Crippen LogP contribution in [0.4, 0.5) is 10.5 Å². The molecule has 9 heteroatoms. The number of phenols is 1. The molecule has 0 saturated heterocycles. The molecule has 2 aromatic carbocycles. The molecule has 2 unspecified atom stereocenters. The fraction of sp³-hybridized carbons (Fsp3) is 0.444. The van der Waals surface area contributed by atoms with Gasteiger partial charge in [-0.25, -0.2) is 4.79 Å². The molecule has 8 nitrogen and oxygen atoms in total. The van der Waals surface area contributed by atoms with E-state index in [0.717, 1.165) is 5.56 Å². The molecule has 0 spiro atoms. The van der Waals surface area contributed by atoms with Gasteiger partial charge in [0.25, 0.3) is 5.91 Å². The van der Waals surface area contributed by atoms with Crippen molar-refractivity contribution in [2.24, 2.45) is 0 Å². The van der Waals surface area contributed by atoms with Crippen LogP contribution in [-0.4, -0.2) is 46.1 Å². The van der Waals surface area contributed by atoms with Crippen LogP contribution in [0.1, 0.15) is 63.8 Å². The molecule has 0 aliphatic carbocycles. The van der Waals surface area contributed by atoms with Crippen LogP contribution in [0.2, 0.25) is 5.02 Å². The van der Waals surface area contributed by atoms with Gasteiger partial charge in [0.2, 0.25) is 5.91 Å². The predicted octanol–water partition coefficient (Wildman–Crippen LogP) is 5.49. The summed E-state index contributed by atoms with van der Waals surface area (Å²) >= 11 is 6.35. The van der Waals surface area contributed by atoms with Crippen molar-refractivity contribution in [1.29, 1.82) is 0 Å². The number of nitrogens with zero attached hydrogens (tertiary/aromatic N) is 1. The number of amides is 3. The smallest absolute Gasteiger partial charge is 0.408 e. The number of alkyl carbamates (subject to hydrolysis) is 1.